The molecule has 0 heterocycles. The van der Waals surface area contributed by atoms with Gasteiger partial charge in [0.05, 0.1) is 11.1 Å². The molecule has 0 aromatic heterocycles. The van der Waals surface area contributed by atoms with Gasteiger partial charge in [0, 0.05) is 5.02 Å². The van der Waals surface area contributed by atoms with Gasteiger partial charge in [-0.2, -0.15) is 26.3 Å². The first-order chi connectivity index (χ1) is 18.0. The highest BCUT2D eigenvalue weighted by atomic mass is 35.5. The Hall–Kier alpha value is -3.07. The van der Waals surface area contributed by atoms with Gasteiger partial charge in [0.15, 0.2) is 0 Å². The number of benzene rings is 4. The minimum atomic E-state index is -4.27. The van der Waals surface area contributed by atoms with E-state index in [1.165, 1.54) is 29.8 Å². The van der Waals surface area contributed by atoms with Crippen LogP contribution in [0.1, 0.15) is 22.3 Å². The van der Waals surface area contributed by atoms with E-state index < -0.39 is 31.8 Å². The highest BCUT2D eigenvalue weighted by molar-refractivity contribution is 6.83. The van der Waals surface area contributed by atoms with Crippen molar-refractivity contribution in [3.8, 4) is 11.1 Å². The Bertz CT molecular complexity index is 1240. The first-order valence-corrected chi connectivity index (χ1v) is 15.2. The second-order valence-corrected chi connectivity index (χ2v) is 13.5. The summed E-state index contributed by atoms with van der Waals surface area (Å²) in [5, 5.41) is 1.40. The van der Waals surface area contributed by atoms with Crippen LogP contribution in [0.25, 0.3) is 11.1 Å². The van der Waals surface area contributed by atoms with Crippen LogP contribution in [-0.4, -0.2) is 13.1 Å². The molecule has 9 heteroatoms. The average molecular weight is 583 g/mol. The summed E-state index contributed by atoms with van der Waals surface area (Å²) in [6.07, 6.45) is -8.55. The van der Waals surface area contributed by atoms with Crippen molar-refractivity contribution in [3.05, 3.63) is 124 Å². The van der Waals surface area contributed by atoms with Crippen LogP contribution < -0.4 is 5.19 Å². The SMILES string of the molecule is Cc1ccc(-c2ccc(C(F)(F)F)cc2)cc1.Cc1ccc([Si](C)(C)O)cc1.FC(F)(F)c1ccc(Cl)cc1. The molecule has 1 N–H and O–H groups in total. The van der Waals surface area contributed by atoms with E-state index in [-0.39, 0.29) is 0 Å². The lowest BCUT2D eigenvalue weighted by atomic mass is 10.0. The Morgan fingerprint density at radius 2 is 0.846 bits per heavy atom. The molecule has 0 bridgehead atoms. The number of hydrogen-bond donors (Lipinski definition) is 1. The molecule has 0 amide bonds. The molecule has 0 spiro atoms. The highest BCUT2D eigenvalue weighted by Gasteiger charge is 2.30. The Morgan fingerprint density at radius 1 is 0.538 bits per heavy atom. The lowest BCUT2D eigenvalue weighted by Gasteiger charge is -2.13. The Balaban J connectivity index is 0.000000214. The van der Waals surface area contributed by atoms with Crippen LogP contribution >= 0.6 is 11.6 Å². The van der Waals surface area contributed by atoms with Gasteiger partial charge in [-0.3, -0.25) is 0 Å². The molecule has 0 unspecified atom stereocenters. The van der Waals surface area contributed by atoms with Crippen molar-refractivity contribution in [2.24, 2.45) is 0 Å². The van der Waals surface area contributed by atoms with Crippen LogP contribution in [0.4, 0.5) is 26.3 Å². The van der Waals surface area contributed by atoms with Crippen molar-refractivity contribution in [2.75, 3.05) is 0 Å². The number of rotatable bonds is 2. The van der Waals surface area contributed by atoms with E-state index in [1.54, 1.807) is 0 Å². The number of hydrogen-bond acceptors (Lipinski definition) is 1. The van der Waals surface area contributed by atoms with E-state index in [9.17, 15) is 31.1 Å². The lowest BCUT2D eigenvalue weighted by molar-refractivity contribution is -0.138. The van der Waals surface area contributed by atoms with Gasteiger partial charge in [-0.1, -0.05) is 83.4 Å². The molecule has 0 radical (unpaired) electrons. The van der Waals surface area contributed by atoms with E-state index in [0.717, 1.165) is 46.1 Å². The Labute approximate surface area is 230 Å². The van der Waals surface area contributed by atoms with Crippen LogP contribution in [-0.2, 0) is 12.4 Å². The molecule has 0 saturated heterocycles. The summed E-state index contributed by atoms with van der Waals surface area (Å²) in [6.45, 7) is 7.88. The van der Waals surface area contributed by atoms with Gasteiger partial charge in [0.1, 0.15) is 0 Å². The molecule has 0 aliphatic rings. The van der Waals surface area contributed by atoms with Crippen LogP contribution in [0, 0.1) is 13.8 Å². The maximum atomic E-state index is 12.4. The molecule has 4 aromatic carbocycles. The molecule has 4 aromatic rings. The van der Waals surface area contributed by atoms with E-state index in [1.807, 2.05) is 68.5 Å². The summed E-state index contributed by atoms with van der Waals surface area (Å²) in [5.74, 6) is 0. The van der Waals surface area contributed by atoms with Crippen molar-refractivity contribution in [2.45, 2.75) is 39.3 Å². The first kappa shape index (κ1) is 32.1. The van der Waals surface area contributed by atoms with Gasteiger partial charge >= 0.3 is 12.4 Å². The third kappa shape index (κ3) is 10.9. The zero-order valence-corrected chi connectivity index (χ0v) is 23.6. The monoisotopic (exact) mass is 582 g/mol. The predicted molar refractivity (Wildman–Crippen MR) is 149 cm³/mol. The molecular weight excluding hydrogens is 554 g/mol. The van der Waals surface area contributed by atoms with E-state index in [4.69, 9.17) is 11.6 Å². The molecule has 39 heavy (non-hydrogen) atoms. The normalized spacial score (nSPS) is 11.6. The lowest BCUT2D eigenvalue weighted by Crippen LogP contribution is -2.41. The summed E-state index contributed by atoms with van der Waals surface area (Å²) in [7, 11) is -2.06. The molecule has 1 nitrogen and oxygen atoms in total. The van der Waals surface area contributed by atoms with E-state index in [2.05, 4.69) is 6.92 Å². The van der Waals surface area contributed by atoms with Crippen LogP contribution in [0.5, 0.6) is 0 Å². The zero-order valence-electron chi connectivity index (χ0n) is 21.8. The van der Waals surface area contributed by atoms with Gasteiger partial charge in [-0.15, -0.1) is 0 Å². The van der Waals surface area contributed by atoms with Crippen LogP contribution in [0.15, 0.2) is 97.1 Å². The van der Waals surface area contributed by atoms with Crippen LogP contribution in [0.2, 0.25) is 18.1 Å². The number of aryl methyl sites for hydroxylation is 2. The minimum absolute atomic E-state index is 0.304. The molecule has 0 atom stereocenters. The molecule has 208 valence electrons. The van der Waals surface area contributed by atoms with Gasteiger partial charge in [-0.25, -0.2) is 0 Å². The Morgan fingerprint density at radius 3 is 1.18 bits per heavy atom. The van der Waals surface area contributed by atoms with Crippen molar-refractivity contribution >= 4 is 25.1 Å². The van der Waals surface area contributed by atoms with Crippen molar-refractivity contribution in [1.82, 2.24) is 0 Å². The topological polar surface area (TPSA) is 20.2 Å². The molecule has 4 rings (SSSR count). The van der Waals surface area contributed by atoms with Crippen molar-refractivity contribution in [3.63, 3.8) is 0 Å². The summed E-state index contributed by atoms with van der Waals surface area (Å²) in [4.78, 5) is 9.72. The fourth-order valence-electron chi connectivity index (χ4n) is 3.20. The third-order valence-corrected chi connectivity index (χ3v) is 7.52. The summed E-state index contributed by atoms with van der Waals surface area (Å²) < 4.78 is 72.8. The summed E-state index contributed by atoms with van der Waals surface area (Å²) in [6, 6.07) is 25.3. The molecule has 0 aliphatic heterocycles. The molecule has 0 fully saturated rings. The molecule has 0 saturated carbocycles. The van der Waals surface area contributed by atoms with E-state index in [0.29, 0.717) is 5.02 Å². The number of alkyl halides is 6. The predicted octanol–water partition coefficient (Wildman–Crippen LogP) is 9.44. The fourth-order valence-corrected chi connectivity index (χ4v) is 4.31. The second kappa shape index (κ2) is 13.3. The zero-order chi connectivity index (χ0) is 29.4. The number of halogens is 7. The van der Waals surface area contributed by atoms with Gasteiger partial charge in [0.25, 0.3) is 0 Å². The van der Waals surface area contributed by atoms with E-state index >= 15 is 0 Å². The standard InChI is InChI=1S/C14H11F3.C9H14OSi.C7H4ClF3/c1-10-2-4-11(5-3-10)12-6-8-13(9-7-12)14(15,16)17;1-8-4-6-9(7-5-8)11(2,3)10;8-6-3-1-5(2-4-6)7(9,10)11/h2-9H,1H3;4-7,10H,1-3H3;1-4H. The average Bonchev–Trinajstić information content (AvgIpc) is 2.84. The minimum Gasteiger partial charge on any atom is -0.428 e. The molecular formula is C30H29ClF6OSi. The Kier molecular flexibility index (Phi) is 11.0. The maximum Gasteiger partial charge on any atom is 0.416 e. The quantitative estimate of drug-likeness (QED) is 0.184. The highest BCUT2D eigenvalue weighted by Crippen LogP contribution is 2.31. The maximum absolute atomic E-state index is 12.4. The van der Waals surface area contributed by atoms with Crippen molar-refractivity contribution < 1.29 is 31.1 Å². The van der Waals surface area contributed by atoms with Gasteiger partial charge < -0.3 is 4.80 Å². The summed E-state index contributed by atoms with van der Waals surface area (Å²) >= 11 is 5.39. The second-order valence-electron chi connectivity index (χ2n) is 9.37. The van der Waals surface area contributed by atoms with Gasteiger partial charge in [0.2, 0.25) is 8.32 Å². The first-order valence-electron chi connectivity index (χ1n) is 11.8. The fraction of sp³-hybridized carbons (Fsp3) is 0.200. The summed E-state index contributed by atoms with van der Waals surface area (Å²) in [5.41, 5.74) is 2.78. The third-order valence-electron chi connectivity index (χ3n) is 5.53. The van der Waals surface area contributed by atoms with Crippen molar-refractivity contribution in [1.29, 1.82) is 0 Å². The van der Waals surface area contributed by atoms with Gasteiger partial charge in [-0.05, 0) is 79.7 Å². The molecule has 0 aliphatic carbocycles. The smallest absolute Gasteiger partial charge is 0.416 e. The van der Waals surface area contributed by atoms with Crippen LogP contribution in [0.3, 0.4) is 0 Å². The largest absolute Gasteiger partial charge is 0.428 e.